The van der Waals surface area contributed by atoms with E-state index >= 15 is 0 Å². The molecule has 10 heteroatoms. The Morgan fingerprint density at radius 1 is 0.853 bits per heavy atom. The van der Waals surface area contributed by atoms with Gasteiger partial charge < -0.3 is 0 Å². The first-order valence-corrected chi connectivity index (χ1v) is 13.2. The second-order valence-corrected chi connectivity index (χ2v) is 9.95. The first-order chi connectivity index (χ1) is 16.0. The standard InChI is InChI=1S/C12H6F3NO5S.C12H26/c13-12(14,15)22(19,20)21-16-10(17)7-3-1-6-2-4-8(11(16)18)9(7)5-6;1-3-5-7-9-11-12-10-8-6-4-2/h1-4H,5H2;3-12H2,1-2H3. The number of carbonyl (C=O) groups excluding carboxylic acids is 2. The van der Waals surface area contributed by atoms with Crippen LogP contribution < -0.4 is 0 Å². The molecule has 0 aromatic carbocycles. The van der Waals surface area contributed by atoms with Crippen molar-refractivity contribution in [3.63, 3.8) is 0 Å². The van der Waals surface area contributed by atoms with Crippen LogP contribution in [0.15, 0.2) is 46.6 Å². The number of hydroxylamine groups is 2. The molecule has 0 aromatic heterocycles. The molecule has 1 aliphatic heterocycles. The number of rotatable bonds is 11. The Morgan fingerprint density at radius 2 is 1.38 bits per heavy atom. The van der Waals surface area contributed by atoms with E-state index in [-0.39, 0.29) is 22.6 Å². The van der Waals surface area contributed by atoms with Crippen LogP contribution in [0.1, 0.15) is 84.5 Å². The van der Waals surface area contributed by atoms with Crippen molar-refractivity contribution in [3.8, 4) is 0 Å². The lowest BCUT2D eigenvalue weighted by Crippen LogP contribution is -2.46. The summed E-state index contributed by atoms with van der Waals surface area (Å²) >= 11 is 0. The van der Waals surface area contributed by atoms with E-state index in [1.54, 1.807) is 12.2 Å². The zero-order chi connectivity index (χ0) is 25.4. The minimum absolute atomic E-state index is 0.0694. The van der Waals surface area contributed by atoms with Crippen molar-refractivity contribution in [2.24, 2.45) is 0 Å². The molecule has 0 spiro atoms. The van der Waals surface area contributed by atoms with Gasteiger partial charge in [-0.1, -0.05) is 90.2 Å². The zero-order valence-electron chi connectivity index (χ0n) is 19.6. The van der Waals surface area contributed by atoms with Gasteiger partial charge in [-0.05, 0) is 29.7 Å². The molecule has 2 amide bonds. The van der Waals surface area contributed by atoms with E-state index < -0.39 is 27.4 Å². The maximum atomic E-state index is 12.4. The molecular formula is C24H32F3NO5S. The Balaban J connectivity index is 0.000000292. The first kappa shape index (κ1) is 28.0. The Hall–Kier alpha value is -2.20. The topological polar surface area (TPSA) is 80.8 Å². The largest absolute Gasteiger partial charge is 0.525 e. The van der Waals surface area contributed by atoms with Crippen LogP contribution in [0.25, 0.3) is 0 Å². The van der Waals surface area contributed by atoms with Crippen molar-refractivity contribution < 1.29 is 35.5 Å². The quantitative estimate of drug-likeness (QED) is 0.191. The third-order valence-corrected chi connectivity index (χ3v) is 6.61. The number of hydrogen-bond acceptors (Lipinski definition) is 5. The van der Waals surface area contributed by atoms with E-state index in [2.05, 4.69) is 18.1 Å². The molecule has 0 saturated carbocycles. The molecule has 6 nitrogen and oxygen atoms in total. The first-order valence-electron chi connectivity index (χ1n) is 11.8. The summed E-state index contributed by atoms with van der Waals surface area (Å²) in [6, 6.07) is 0. The predicted octanol–water partition coefficient (Wildman–Crippen LogP) is 6.19. The van der Waals surface area contributed by atoms with E-state index in [0.717, 1.165) is 5.57 Å². The molecule has 2 aliphatic carbocycles. The van der Waals surface area contributed by atoms with Gasteiger partial charge >= 0.3 is 15.6 Å². The van der Waals surface area contributed by atoms with Gasteiger partial charge in [0.1, 0.15) is 0 Å². The van der Waals surface area contributed by atoms with Gasteiger partial charge in [0.2, 0.25) is 0 Å². The molecule has 3 rings (SSSR count). The number of hydrogen-bond donors (Lipinski definition) is 0. The average molecular weight is 504 g/mol. The van der Waals surface area contributed by atoms with E-state index in [0.29, 0.717) is 5.57 Å². The molecule has 0 atom stereocenters. The van der Waals surface area contributed by atoms with Gasteiger partial charge in [-0.3, -0.25) is 9.59 Å². The fraction of sp³-hybridized carbons (Fsp3) is 0.583. The summed E-state index contributed by atoms with van der Waals surface area (Å²) in [7, 11) is -6.12. The van der Waals surface area contributed by atoms with Crippen LogP contribution in [-0.2, 0) is 24.0 Å². The number of halogens is 3. The predicted molar refractivity (Wildman–Crippen MR) is 122 cm³/mol. The molecule has 0 radical (unpaired) electrons. The maximum Gasteiger partial charge on any atom is 0.525 e. The van der Waals surface area contributed by atoms with Gasteiger partial charge in [0.15, 0.2) is 0 Å². The number of alkyl halides is 3. The number of unbranched alkanes of at least 4 members (excludes halogenated alkanes) is 9. The summed E-state index contributed by atoms with van der Waals surface area (Å²) in [5.41, 5.74) is -4.72. The van der Waals surface area contributed by atoms with Crippen LogP contribution in [0, 0.1) is 0 Å². The van der Waals surface area contributed by atoms with Crippen LogP contribution in [-0.4, -0.2) is 30.8 Å². The summed E-state index contributed by atoms with van der Waals surface area (Å²) < 4.78 is 62.8. The average Bonchev–Trinajstić information content (AvgIpc) is 2.78. The Labute approximate surface area is 199 Å². The summed E-state index contributed by atoms with van der Waals surface area (Å²) in [6.45, 7) is 4.56. The van der Waals surface area contributed by atoms with Gasteiger partial charge in [-0.15, -0.1) is 9.35 Å². The highest BCUT2D eigenvalue weighted by atomic mass is 32.2. The highest BCUT2D eigenvalue weighted by Crippen LogP contribution is 2.38. The van der Waals surface area contributed by atoms with Crippen LogP contribution in [0.4, 0.5) is 13.2 Å². The van der Waals surface area contributed by atoms with Crippen molar-refractivity contribution in [2.45, 2.75) is 90.0 Å². The van der Waals surface area contributed by atoms with E-state index in [4.69, 9.17) is 0 Å². The van der Waals surface area contributed by atoms with Crippen molar-refractivity contribution in [2.75, 3.05) is 0 Å². The van der Waals surface area contributed by atoms with E-state index in [9.17, 15) is 31.2 Å². The lowest BCUT2D eigenvalue weighted by molar-refractivity contribution is -0.169. The Kier molecular flexibility index (Phi) is 10.3. The number of fused-ring (bicyclic) bond motifs is 1. The molecule has 3 aliphatic rings. The van der Waals surface area contributed by atoms with Crippen LogP contribution in [0.5, 0.6) is 0 Å². The summed E-state index contributed by atoms with van der Waals surface area (Å²) in [4.78, 5) is 24.1. The highest BCUT2D eigenvalue weighted by molar-refractivity contribution is 7.87. The minimum Gasteiger partial charge on any atom is -0.266 e. The molecule has 0 aromatic rings. The minimum atomic E-state index is -6.12. The van der Waals surface area contributed by atoms with Crippen molar-refractivity contribution in [1.29, 1.82) is 0 Å². The Morgan fingerprint density at radius 3 is 1.88 bits per heavy atom. The molecule has 0 unspecified atom stereocenters. The number of carbonyl (C=O) groups is 2. The second-order valence-electron chi connectivity index (χ2n) is 8.43. The monoisotopic (exact) mass is 503 g/mol. The second kappa shape index (κ2) is 12.5. The molecular weight excluding hydrogens is 471 g/mol. The third-order valence-electron chi connectivity index (χ3n) is 5.70. The Bertz CT molecular complexity index is 981. The van der Waals surface area contributed by atoms with Crippen LogP contribution in [0.2, 0.25) is 0 Å². The fourth-order valence-electron chi connectivity index (χ4n) is 3.78. The van der Waals surface area contributed by atoms with Gasteiger partial charge in [0, 0.05) is 11.1 Å². The number of amides is 2. The van der Waals surface area contributed by atoms with Gasteiger partial charge in [0.25, 0.3) is 11.8 Å². The number of imide groups is 1. The van der Waals surface area contributed by atoms with Gasteiger partial charge in [0.05, 0.1) is 0 Å². The maximum absolute atomic E-state index is 12.4. The molecule has 0 fully saturated rings. The lowest BCUT2D eigenvalue weighted by Gasteiger charge is -2.31. The summed E-state index contributed by atoms with van der Waals surface area (Å²) in [6.07, 6.45) is 20.4. The molecule has 2 bridgehead atoms. The number of nitrogens with zero attached hydrogens (tertiary/aromatic N) is 1. The van der Waals surface area contributed by atoms with Crippen LogP contribution >= 0.6 is 0 Å². The normalized spacial score (nSPS) is 17.4. The summed E-state index contributed by atoms with van der Waals surface area (Å²) in [5.74, 6) is -2.50. The lowest BCUT2D eigenvalue weighted by atomic mass is 9.82. The van der Waals surface area contributed by atoms with Gasteiger partial charge in [-0.2, -0.15) is 21.6 Å². The molecule has 0 saturated heterocycles. The van der Waals surface area contributed by atoms with E-state index in [1.165, 1.54) is 76.4 Å². The fourth-order valence-corrected chi connectivity index (χ4v) is 4.19. The van der Waals surface area contributed by atoms with Gasteiger partial charge in [-0.25, -0.2) is 0 Å². The highest BCUT2D eigenvalue weighted by Gasteiger charge is 2.52. The summed E-state index contributed by atoms with van der Waals surface area (Å²) in [5, 5.41) is -0.373. The third kappa shape index (κ3) is 7.15. The van der Waals surface area contributed by atoms with Crippen molar-refractivity contribution in [3.05, 3.63) is 46.6 Å². The van der Waals surface area contributed by atoms with Crippen molar-refractivity contribution in [1.82, 2.24) is 5.06 Å². The number of allylic oxidation sites excluding steroid dienone is 4. The van der Waals surface area contributed by atoms with Crippen LogP contribution in [0.3, 0.4) is 0 Å². The molecule has 34 heavy (non-hydrogen) atoms. The molecule has 1 heterocycles. The molecule has 0 N–H and O–H groups in total. The SMILES string of the molecule is CCCCCCCCCCCC.O=C1C2=CC=C3C=CC(=C2C3)C(=O)N1OS(=O)(=O)C(F)(F)F. The molecule has 190 valence electrons. The van der Waals surface area contributed by atoms with Crippen molar-refractivity contribution >= 4 is 21.9 Å². The smallest absolute Gasteiger partial charge is 0.266 e. The van der Waals surface area contributed by atoms with E-state index in [1.807, 2.05) is 0 Å². The zero-order valence-corrected chi connectivity index (χ0v) is 20.4.